The molecule has 0 amide bonds. The third kappa shape index (κ3) is 2.62. The lowest BCUT2D eigenvalue weighted by Gasteiger charge is -2.08. The van der Waals surface area contributed by atoms with Crippen molar-refractivity contribution < 1.29 is 0 Å². The van der Waals surface area contributed by atoms with Gasteiger partial charge in [-0.05, 0) is 59.0 Å². The van der Waals surface area contributed by atoms with E-state index in [1.807, 2.05) is 36.4 Å². The number of hydrogen-bond acceptors (Lipinski definition) is 2. The largest absolute Gasteiger partial charge is 0.397 e. The summed E-state index contributed by atoms with van der Waals surface area (Å²) in [5.74, 6) is 0. The Labute approximate surface area is 103 Å². The number of nitrogen functional groups attached to an aromatic ring is 1. The summed E-state index contributed by atoms with van der Waals surface area (Å²) >= 11 is 2.28. The number of hydrogen-bond donors (Lipinski definition) is 2. The summed E-state index contributed by atoms with van der Waals surface area (Å²) in [7, 11) is 0. The Morgan fingerprint density at radius 2 is 1.60 bits per heavy atom. The first-order valence-electron chi connectivity index (χ1n) is 4.63. The summed E-state index contributed by atoms with van der Waals surface area (Å²) < 4.78 is 1.22. The Morgan fingerprint density at radius 1 is 0.933 bits per heavy atom. The number of para-hydroxylation sites is 2. The second-order valence-electron chi connectivity index (χ2n) is 3.22. The van der Waals surface area contributed by atoms with Crippen LogP contribution < -0.4 is 11.1 Å². The number of benzene rings is 2. The van der Waals surface area contributed by atoms with Crippen LogP contribution in [0.2, 0.25) is 0 Å². The van der Waals surface area contributed by atoms with Gasteiger partial charge in [0.2, 0.25) is 0 Å². The molecule has 2 aromatic rings. The molecule has 0 radical (unpaired) electrons. The lowest BCUT2D eigenvalue weighted by molar-refractivity contribution is 1.53. The zero-order valence-electron chi connectivity index (χ0n) is 8.07. The number of nitrogens with one attached hydrogen (secondary N) is 1. The van der Waals surface area contributed by atoms with E-state index < -0.39 is 0 Å². The van der Waals surface area contributed by atoms with Gasteiger partial charge in [0, 0.05) is 9.26 Å². The van der Waals surface area contributed by atoms with Crippen LogP contribution in [0.25, 0.3) is 0 Å². The molecular formula is C12H11IN2. The smallest absolute Gasteiger partial charge is 0.0617 e. The van der Waals surface area contributed by atoms with E-state index in [-0.39, 0.29) is 0 Å². The topological polar surface area (TPSA) is 38.0 Å². The van der Waals surface area contributed by atoms with Gasteiger partial charge in [0.15, 0.2) is 0 Å². The molecule has 0 aromatic heterocycles. The molecule has 0 aliphatic rings. The van der Waals surface area contributed by atoms with Gasteiger partial charge in [0.05, 0.1) is 11.4 Å². The van der Waals surface area contributed by atoms with E-state index >= 15 is 0 Å². The fourth-order valence-corrected chi connectivity index (χ4v) is 1.66. The van der Waals surface area contributed by atoms with Crippen LogP contribution in [0.15, 0.2) is 48.5 Å². The molecule has 0 heterocycles. The number of rotatable bonds is 2. The maximum atomic E-state index is 5.83. The minimum absolute atomic E-state index is 0.760. The van der Waals surface area contributed by atoms with Crippen LogP contribution in [-0.2, 0) is 0 Å². The maximum Gasteiger partial charge on any atom is 0.0617 e. The highest BCUT2D eigenvalue weighted by atomic mass is 127. The van der Waals surface area contributed by atoms with Gasteiger partial charge in [0.25, 0.3) is 0 Å². The molecule has 76 valence electrons. The highest BCUT2D eigenvalue weighted by Crippen LogP contribution is 2.22. The van der Waals surface area contributed by atoms with E-state index in [1.54, 1.807) is 0 Å². The fourth-order valence-electron chi connectivity index (χ4n) is 1.30. The third-order valence-corrected chi connectivity index (χ3v) is 2.80. The minimum atomic E-state index is 0.760. The summed E-state index contributed by atoms with van der Waals surface area (Å²) in [5.41, 5.74) is 8.59. The van der Waals surface area contributed by atoms with Crippen LogP contribution in [0, 0.1) is 3.57 Å². The van der Waals surface area contributed by atoms with Crippen molar-refractivity contribution in [1.82, 2.24) is 0 Å². The molecule has 0 aliphatic carbocycles. The third-order valence-electron chi connectivity index (χ3n) is 2.08. The van der Waals surface area contributed by atoms with Crippen LogP contribution >= 0.6 is 22.6 Å². The van der Waals surface area contributed by atoms with Gasteiger partial charge in [-0.15, -0.1) is 0 Å². The average Bonchev–Trinajstić information content (AvgIpc) is 2.25. The zero-order valence-corrected chi connectivity index (χ0v) is 10.2. The van der Waals surface area contributed by atoms with Gasteiger partial charge in [-0.2, -0.15) is 0 Å². The van der Waals surface area contributed by atoms with Crippen LogP contribution in [0.4, 0.5) is 17.1 Å². The maximum absolute atomic E-state index is 5.83. The normalized spacial score (nSPS) is 9.93. The van der Waals surface area contributed by atoms with Crippen molar-refractivity contribution in [1.29, 1.82) is 0 Å². The summed E-state index contributed by atoms with van der Waals surface area (Å²) in [6.07, 6.45) is 0. The molecular weight excluding hydrogens is 299 g/mol. The van der Waals surface area contributed by atoms with E-state index in [0.29, 0.717) is 0 Å². The van der Waals surface area contributed by atoms with E-state index in [9.17, 15) is 0 Å². The van der Waals surface area contributed by atoms with E-state index in [2.05, 4.69) is 40.0 Å². The Morgan fingerprint density at radius 3 is 2.27 bits per heavy atom. The Balaban J connectivity index is 2.22. The number of nitrogens with two attached hydrogens (primary N) is 1. The Kier molecular flexibility index (Phi) is 3.11. The molecule has 3 N–H and O–H groups in total. The Hall–Kier alpha value is -1.23. The first-order chi connectivity index (χ1) is 7.25. The molecule has 2 aromatic carbocycles. The van der Waals surface area contributed by atoms with E-state index in [1.165, 1.54) is 3.57 Å². The summed E-state index contributed by atoms with van der Waals surface area (Å²) in [6.45, 7) is 0. The van der Waals surface area contributed by atoms with Gasteiger partial charge in [-0.1, -0.05) is 12.1 Å². The van der Waals surface area contributed by atoms with Crippen molar-refractivity contribution in [3.05, 3.63) is 52.1 Å². The van der Waals surface area contributed by atoms with Crippen LogP contribution in [0.5, 0.6) is 0 Å². The second-order valence-corrected chi connectivity index (χ2v) is 4.46. The van der Waals surface area contributed by atoms with Crippen molar-refractivity contribution >= 4 is 39.7 Å². The minimum Gasteiger partial charge on any atom is -0.397 e. The van der Waals surface area contributed by atoms with Gasteiger partial charge in [-0.3, -0.25) is 0 Å². The van der Waals surface area contributed by atoms with Gasteiger partial charge in [-0.25, -0.2) is 0 Å². The summed E-state index contributed by atoms with van der Waals surface area (Å²) in [5, 5.41) is 3.27. The van der Waals surface area contributed by atoms with Crippen molar-refractivity contribution in [2.45, 2.75) is 0 Å². The van der Waals surface area contributed by atoms with Crippen molar-refractivity contribution in [3.8, 4) is 0 Å². The van der Waals surface area contributed by atoms with Crippen molar-refractivity contribution in [2.24, 2.45) is 0 Å². The van der Waals surface area contributed by atoms with E-state index in [0.717, 1.165) is 17.1 Å². The quantitative estimate of drug-likeness (QED) is 0.657. The molecule has 0 saturated heterocycles. The first-order valence-corrected chi connectivity index (χ1v) is 5.71. The molecule has 2 rings (SSSR count). The fraction of sp³-hybridized carbons (Fsp3) is 0. The van der Waals surface area contributed by atoms with Gasteiger partial charge >= 0.3 is 0 Å². The van der Waals surface area contributed by atoms with Gasteiger partial charge < -0.3 is 11.1 Å². The van der Waals surface area contributed by atoms with E-state index in [4.69, 9.17) is 5.73 Å². The molecule has 15 heavy (non-hydrogen) atoms. The lowest BCUT2D eigenvalue weighted by Crippen LogP contribution is -1.95. The molecule has 0 spiro atoms. The monoisotopic (exact) mass is 310 g/mol. The van der Waals surface area contributed by atoms with Crippen LogP contribution in [0.1, 0.15) is 0 Å². The average molecular weight is 310 g/mol. The molecule has 0 atom stereocenters. The van der Waals surface area contributed by atoms with Crippen molar-refractivity contribution in [2.75, 3.05) is 11.1 Å². The van der Waals surface area contributed by atoms with Gasteiger partial charge in [0.1, 0.15) is 0 Å². The second kappa shape index (κ2) is 4.53. The molecule has 0 unspecified atom stereocenters. The molecule has 0 fully saturated rings. The standard InChI is InChI=1S/C12H11IN2/c13-9-5-7-10(8-6-9)15-12-4-2-1-3-11(12)14/h1-8,15H,14H2. The number of anilines is 3. The zero-order chi connectivity index (χ0) is 10.7. The highest BCUT2D eigenvalue weighted by Gasteiger charge is 1.97. The molecule has 0 saturated carbocycles. The lowest BCUT2D eigenvalue weighted by atomic mass is 10.2. The van der Waals surface area contributed by atoms with Crippen molar-refractivity contribution in [3.63, 3.8) is 0 Å². The number of halogens is 1. The molecule has 3 heteroatoms. The van der Waals surface area contributed by atoms with Crippen LogP contribution in [-0.4, -0.2) is 0 Å². The Bertz CT molecular complexity index is 451. The molecule has 0 bridgehead atoms. The highest BCUT2D eigenvalue weighted by molar-refractivity contribution is 14.1. The predicted molar refractivity (Wildman–Crippen MR) is 73.3 cm³/mol. The molecule has 0 aliphatic heterocycles. The SMILES string of the molecule is Nc1ccccc1Nc1ccc(I)cc1. The first kappa shape index (κ1) is 10.3. The van der Waals surface area contributed by atoms with Crippen LogP contribution in [0.3, 0.4) is 0 Å². The summed E-state index contributed by atoms with van der Waals surface area (Å²) in [4.78, 5) is 0. The molecule has 2 nitrogen and oxygen atoms in total. The predicted octanol–water partition coefficient (Wildman–Crippen LogP) is 3.62. The summed E-state index contributed by atoms with van der Waals surface area (Å²) in [6, 6.07) is 15.9.